The number of halogens is 2. The van der Waals surface area contributed by atoms with E-state index in [2.05, 4.69) is 11.1 Å². The van der Waals surface area contributed by atoms with Crippen molar-refractivity contribution in [1.82, 2.24) is 0 Å². The van der Waals surface area contributed by atoms with Gasteiger partial charge in [0.2, 0.25) is 5.84 Å². The summed E-state index contributed by atoms with van der Waals surface area (Å²) in [5.74, 6) is 1.37. The smallest absolute Gasteiger partial charge is 0.325 e. The highest BCUT2D eigenvalue weighted by atomic mass is 79.9. The van der Waals surface area contributed by atoms with Gasteiger partial charge >= 0.3 is 5.82 Å². The summed E-state index contributed by atoms with van der Waals surface area (Å²) in [6.07, 6.45) is 1.87. The van der Waals surface area contributed by atoms with Crippen LogP contribution in [0.4, 0.5) is 5.82 Å². The van der Waals surface area contributed by atoms with Crippen molar-refractivity contribution in [3.05, 3.63) is 58.7 Å². The lowest BCUT2D eigenvalue weighted by atomic mass is 10.1. The Morgan fingerprint density at radius 1 is 1.17 bits per heavy atom. The van der Waals surface area contributed by atoms with Crippen LogP contribution in [0.25, 0.3) is 0 Å². The molecule has 3 nitrogen and oxygen atoms in total. The Bertz CT molecular complexity index is 625. The Labute approximate surface area is 121 Å². The molecule has 5 heteroatoms. The molecule has 0 fully saturated rings. The largest absolute Gasteiger partial charge is 1.00 e. The molecule has 0 saturated heterocycles. The molecule has 1 aliphatic heterocycles. The van der Waals surface area contributed by atoms with Gasteiger partial charge in [0.05, 0.1) is 10.6 Å². The van der Waals surface area contributed by atoms with Crippen molar-refractivity contribution in [2.45, 2.75) is 6.54 Å². The van der Waals surface area contributed by atoms with Gasteiger partial charge in [-0.25, -0.2) is 4.57 Å². The van der Waals surface area contributed by atoms with E-state index in [1.54, 1.807) is 0 Å². The molecule has 0 saturated carbocycles. The molecule has 1 aliphatic rings. The first-order chi connectivity index (χ1) is 8.24. The third-order valence-electron chi connectivity index (χ3n) is 2.83. The van der Waals surface area contributed by atoms with Gasteiger partial charge in [0, 0.05) is 11.6 Å². The molecule has 2 heterocycles. The summed E-state index contributed by atoms with van der Waals surface area (Å²) in [5.41, 5.74) is 8.15. The van der Waals surface area contributed by atoms with E-state index in [-0.39, 0.29) is 17.0 Å². The van der Waals surface area contributed by atoms with Gasteiger partial charge < -0.3 is 22.7 Å². The topological polar surface area (TPSA) is 42.3 Å². The minimum absolute atomic E-state index is 0. The Morgan fingerprint density at radius 2 is 1.94 bits per heavy atom. The fourth-order valence-corrected chi connectivity index (χ4v) is 2.19. The summed E-state index contributed by atoms with van der Waals surface area (Å²) in [6.45, 7) is 0.732. The Kier molecular flexibility index (Phi) is 3.68. The zero-order valence-corrected chi connectivity index (χ0v) is 11.8. The number of rotatable bonds is 0. The number of pyridine rings is 1. The van der Waals surface area contributed by atoms with Gasteiger partial charge in [0.15, 0.2) is 0 Å². The standard InChI is InChI=1S/C13H10ClN3.BrH/c14-10-5-6-12-16-13(15)11-4-2-1-3-9(11)7-17(12)8-10;/h1-6,8,15H,7H2;1H. The number of benzene rings is 1. The number of aromatic nitrogens is 1. The van der Waals surface area contributed by atoms with Crippen LogP contribution in [0.2, 0.25) is 5.02 Å². The maximum atomic E-state index is 6.00. The van der Waals surface area contributed by atoms with Gasteiger partial charge in [-0.1, -0.05) is 29.8 Å². The number of nitrogens with two attached hydrogens (primary N) is 1. The molecular weight excluding hydrogens is 314 g/mol. The maximum absolute atomic E-state index is 6.00. The van der Waals surface area contributed by atoms with Crippen molar-refractivity contribution >= 4 is 23.3 Å². The summed E-state index contributed by atoms with van der Waals surface area (Å²) in [6, 6.07) is 11.7. The van der Waals surface area contributed by atoms with Crippen molar-refractivity contribution in [2.24, 2.45) is 10.7 Å². The summed E-state index contributed by atoms with van der Waals surface area (Å²) in [4.78, 5) is 4.42. The minimum atomic E-state index is 0. The van der Waals surface area contributed by atoms with Gasteiger partial charge in [0.25, 0.3) is 0 Å². The van der Waals surface area contributed by atoms with Crippen molar-refractivity contribution < 1.29 is 21.5 Å². The average molecular weight is 325 g/mol. The normalized spacial score (nSPS) is 12.6. The van der Waals surface area contributed by atoms with Crippen LogP contribution in [0, 0.1) is 0 Å². The van der Waals surface area contributed by atoms with E-state index < -0.39 is 0 Å². The molecule has 3 rings (SSSR count). The number of hydrogen-bond donors (Lipinski definition) is 1. The second-order valence-electron chi connectivity index (χ2n) is 3.99. The van der Waals surface area contributed by atoms with Gasteiger partial charge in [-0.2, -0.15) is 0 Å². The molecule has 0 radical (unpaired) electrons. The SMILES string of the molecule is NC1=Nc2ccc(Cl)c[n+]2Cc2ccccc21.[Br-]. The second-order valence-corrected chi connectivity index (χ2v) is 4.42. The number of nitrogens with zero attached hydrogens (tertiary/aromatic N) is 2. The molecular formula is C13H11BrClN3. The van der Waals surface area contributed by atoms with E-state index in [9.17, 15) is 0 Å². The van der Waals surface area contributed by atoms with Gasteiger partial charge in [-0.05, 0) is 17.1 Å². The van der Waals surface area contributed by atoms with Crippen molar-refractivity contribution in [1.29, 1.82) is 0 Å². The highest BCUT2D eigenvalue weighted by Crippen LogP contribution is 2.18. The molecule has 0 atom stereocenters. The molecule has 92 valence electrons. The van der Waals surface area contributed by atoms with E-state index in [1.807, 2.05) is 41.1 Å². The van der Waals surface area contributed by atoms with E-state index in [0.29, 0.717) is 10.9 Å². The summed E-state index contributed by atoms with van der Waals surface area (Å²) >= 11 is 5.99. The molecule has 1 aromatic heterocycles. The molecule has 0 bridgehead atoms. The Morgan fingerprint density at radius 3 is 2.78 bits per heavy atom. The van der Waals surface area contributed by atoms with Crippen molar-refractivity contribution in [3.63, 3.8) is 0 Å². The summed E-state index contributed by atoms with van der Waals surface area (Å²) in [5, 5.41) is 0.696. The maximum Gasteiger partial charge on any atom is 0.325 e. The van der Waals surface area contributed by atoms with Crippen LogP contribution in [0.15, 0.2) is 47.6 Å². The molecule has 0 aliphatic carbocycles. The summed E-state index contributed by atoms with van der Waals surface area (Å²) < 4.78 is 2.00. The first kappa shape index (κ1) is 13.1. The zero-order chi connectivity index (χ0) is 11.8. The van der Waals surface area contributed by atoms with E-state index >= 15 is 0 Å². The van der Waals surface area contributed by atoms with Gasteiger partial charge in [-0.3, -0.25) is 0 Å². The highest BCUT2D eigenvalue weighted by molar-refractivity contribution is 6.30. The van der Waals surface area contributed by atoms with Crippen LogP contribution < -0.4 is 27.3 Å². The van der Waals surface area contributed by atoms with Crippen LogP contribution in [-0.2, 0) is 6.54 Å². The van der Waals surface area contributed by atoms with E-state index in [1.165, 1.54) is 0 Å². The number of aliphatic imine (C=N–C) groups is 1. The fourth-order valence-electron chi connectivity index (χ4n) is 2.01. The molecule has 1 aromatic carbocycles. The molecule has 18 heavy (non-hydrogen) atoms. The van der Waals surface area contributed by atoms with Crippen LogP contribution in [-0.4, -0.2) is 5.84 Å². The van der Waals surface area contributed by atoms with E-state index in [4.69, 9.17) is 17.3 Å². The van der Waals surface area contributed by atoms with E-state index in [0.717, 1.165) is 23.5 Å². The second kappa shape index (κ2) is 5.08. The molecule has 2 N–H and O–H groups in total. The van der Waals surface area contributed by atoms with Crippen molar-refractivity contribution in [3.8, 4) is 0 Å². The fraction of sp³-hybridized carbons (Fsp3) is 0.0769. The van der Waals surface area contributed by atoms with Gasteiger partial charge in [-0.15, -0.1) is 0 Å². The van der Waals surface area contributed by atoms with Crippen molar-refractivity contribution in [2.75, 3.05) is 0 Å². The lowest BCUT2D eigenvalue weighted by molar-refractivity contribution is -0.675. The summed E-state index contributed by atoms with van der Waals surface area (Å²) in [7, 11) is 0. The predicted octanol–water partition coefficient (Wildman–Crippen LogP) is -0.970. The third kappa shape index (κ3) is 2.26. The minimum Gasteiger partial charge on any atom is -1.00 e. The van der Waals surface area contributed by atoms with Gasteiger partial charge in [0.1, 0.15) is 12.7 Å². The first-order valence-corrected chi connectivity index (χ1v) is 5.73. The third-order valence-corrected chi connectivity index (χ3v) is 3.06. The monoisotopic (exact) mass is 323 g/mol. The van der Waals surface area contributed by atoms with Crippen LogP contribution in [0.5, 0.6) is 0 Å². The quantitative estimate of drug-likeness (QED) is 0.623. The lowest BCUT2D eigenvalue weighted by Crippen LogP contribution is -3.00. The lowest BCUT2D eigenvalue weighted by Gasteiger charge is -2.03. The molecule has 0 amide bonds. The number of fused-ring (bicyclic) bond motifs is 2. The Hall–Kier alpha value is -1.39. The number of amidine groups is 1. The van der Waals surface area contributed by atoms with Crippen LogP contribution in [0.3, 0.4) is 0 Å². The van der Waals surface area contributed by atoms with Crippen LogP contribution >= 0.6 is 11.6 Å². The first-order valence-electron chi connectivity index (χ1n) is 5.35. The predicted molar refractivity (Wildman–Crippen MR) is 67.6 cm³/mol. The average Bonchev–Trinajstić information content (AvgIpc) is 2.46. The molecule has 0 unspecified atom stereocenters. The highest BCUT2D eigenvalue weighted by Gasteiger charge is 2.20. The Balaban J connectivity index is 0.00000120. The van der Waals surface area contributed by atoms with Crippen LogP contribution in [0.1, 0.15) is 11.1 Å². The molecule has 0 spiro atoms. The number of hydrogen-bond acceptors (Lipinski definition) is 2. The molecule has 2 aromatic rings. The zero-order valence-electron chi connectivity index (χ0n) is 9.48.